The van der Waals surface area contributed by atoms with E-state index in [0.717, 1.165) is 5.56 Å². The van der Waals surface area contributed by atoms with Gasteiger partial charge in [-0.2, -0.15) is 13.2 Å². The molecule has 3 nitrogen and oxygen atoms in total. The van der Waals surface area contributed by atoms with E-state index < -0.39 is 20.4 Å². The van der Waals surface area contributed by atoms with Gasteiger partial charge in [-0.05, 0) is 34.3 Å². The number of alkyl halides is 3. The van der Waals surface area contributed by atoms with Gasteiger partial charge < -0.3 is 4.74 Å². The van der Waals surface area contributed by atoms with Crippen molar-refractivity contribution in [2.24, 2.45) is 0 Å². The van der Waals surface area contributed by atoms with Crippen LogP contribution in [0.5, 0.6) is 5.75 Å². The van der Waals surface area contributed by atoms with Crippen LogP contribution in [0.2, 0.25) is 16.6 Å². The van der Waals surface area contributed by atoms with Crippen LogP contribution in [0.15, 0.2) is 24.3 Å². The lowest BCUT2D eigenvalue weighted by Gasteiger charge is -2.38. The van der Waals surface area contributed by atoms with Gasteiger partial charge in [0.2, 0.25) is 0 Å². The molecule has 1 aliphatic heterocycles. The molecule has 0 bridgehead atoms. The Balaban J connectivity index is 2.16. The minimum absolute atomic E-state index is 0.230. The van der Waals surface area contributed by atoms with Gasteiger partial charge in [0.05, 0.1) is 7.11 Å². The van der Waals surface area contributed by atoms with Crippen molar-refractivity contribution in [2.45, 2.75) is 89.5 Å². The van der Waals surface area contributed by atoms with E-state index >= 15 is 0 Å². The predicted molar refractivity (Wildman–Crippen MR) is 124 cm³/mol. The molecular weight excluding hydrogens is 417 g/mol. The van der Waals surface area contributed by atoms with Gasteiger partial charge in [-0.15, -0.1) is 11.5 Å². The van der Waals surface area contributed by atoms with E-state index in [1.807, 2.05) is 12.1 Å². The zero-order valence-electron chi connectivity index (χ0n) is 19.8. The Labute approximate surface area is 186 Å². The Morgan fingerprint density at radius 1 is 1.06 bits per heavy atom. The number of hydrogen-bond donors (Lipinski definition) is 1. The molecule has 1 saturated heterocycles. The average molecular weight is 455 g/mol. The molecule has 174 valence electrons. The van der Waals surface area contributed by atoms with Gasteiger partial charge in [0, 0.05) is 25.6 Å². The van der Waals surface area contributed by atoms with E-state index in [4.69, 9.17) is 4.74 Å². The molecule has 1 heterocycles. The molecule has 1 aromatic carbocycles. The van der Waals surface area contributed by atoms with E-state index in [0.29, 0.717) is 35.3 Å². The van der Waals surface area contributed by atoms with Crippen molar-refractivity contribution in [1.82, 2.24) is 10.2 Å². The maximum atomic E-state index is 13.7. The molecule has 2 rings (SSSR count). The van der Waals surface area contributed by atoms with Gasteiger partial charge in [0.15, 0.2) is 6.17 Å². The Kier molecular flexibility index (Phi) is 8.66. The molecule has 1 aliphatic rings. The van der Waals surface area contributed by atoms with Crippen LogP contribution in [0.3, 0.4) is 0 Å². The number of nitrogens with one attached hydrogen (secondary N) is 1. The van der Waals surface area contributed by atoms with E-state index in [1.165, 1.54) is 4.90 Å². The zero-order valence-corrected chi connectivity index (χ0v) is 20.8. The van der Waals surface area contributed by atoms with E-state index in [1.54, 1.807) is 19.2 Å². The van der Waals surface area contributed by atoms with Crippen LogP contribution in [0.4, 0.5) is 13.2 Å². The average Bonchev–Trinajstić information content (AvgIpc) is 3.08. The molecule has 1 fully saturated rings. The van der Waals surface area contributed by atoms with Crippen molar-refractivity contribution in [3.8, 4) is 17.2 Å². The molecule has 1 aromatic rings. The molecule has 0 amide bonds. The van der Waals surface area contributed by atoms with Gasteiger partial charge in [-0.1, -0.05) is 53.7 Å². The summed E-state index contributed by atoms with van der Waals surface area (Å²) in [6, 6.07) is 6.88. The van der Waals surface area contributed by atoms with Gasteiger partial charge in [0.25, 0.3) is 0 Å². The van der Waals surface area contributed by atoms with Gasteiger partial charge >= 0.3 is 6.18 Å². The number of benzene rings is 1. The van der Waals surface area contributed by atoms with Gasteiger partial charge in [-0.25, -0.2) is 0 Å². The second-order valence-electron chi connectivity index (χ2n) is 9.49. The van der Waals surface area contributed by atoms with Gasteiger partial charge in [-0.3, -0.25) is 10.2 Å². The molecule has 2 atom stereocenters. The largest absolute Gasteiger partial charge is 0.497 e. The van der Waals surface area contributed by atoms with Crippen LogP contribution in [-0.4, -0.2) is 45.0 Å². The SMILES string of the molecule is COc1ccc(CN2C[C@H](CC#C[Si](C(C)C)(C(C)C)C(C)C)NC2C(F)(F)F)cc1. The van der Waals surface area contributed by atoms with Crippen molar-refractivity contribution >= 4 is 8.07 Å². The van der Waals surface area contributed by atoms with Crippen molar-refractivity contribution < 1.29 is 17.9 Å². The number of halogens is 3. The van der Waals surface area contributed by atoms with Crippen LogP contribution in [-0.2, 0) is 6.54 Å². The van der Waals surface area contributed by atoms with Crippen LogP contribution < -0.4 is 10.1 Å². The first-order valence-corrected chi connectivity index (χ1v) is 13.3. The predicted octanol–water partition coefficient (Wildman–Crippen LogP) is 5.97. The Morgan fingerprint density at radius 3 is 2.06 bits per heavy atom. The summed E-state index contributed by atoms with van der Waals surface area (Å²) in [4.78, 5) is 1.46. The summed E-state index contributed by atoms with van der Waals surface area (Å²) in [6.45, 7) is 14.0. The zero-order chi connectivity index (χ0) is 23.4. The van der Waals surface area contributed by atoms with Crippen molar-refractivity contribution in [2.75, 3.05) is 13.7 Å². The molecule has 31 heavy (non-hydrogen) atoms. The molecule has 1 unspecified atom stereocenters. The topological polar surface area (TPSA) is 24.5 Å². The third-order valence-electron chi connectivity index (χ3n) is 6.59. The molecule has 0 radical (unpaired) electrons. The van der Waals surface area contributed by atoms with Crippen molar-refractivity contribution in [1.29, 1.82) is 0 Å². The Hall–Kier alpha value is -1.49. The fourth-order valence-electron chi connectivity index (χ4n) is 5.08. The quantitative estimate of drug-likeness (QED) is 0.406. The van der Waals surface area contributed by atoms with Crippen LogP contribution >= 0.6 is 0 Å². The summed E-state index contributed by atoms with van der Waals surface area (Å²) in [5.74, 6) is 4.01. The van der Waals surface area contributed by atoms with E-state index in [2.05, 4.69) is 58.3 Å². The highest BCUT2D eigenvalue weighted by atomic mass is 28.3. The number of ether oxygens (including phenoxy) is 1. The van der Waals surface area contributed by atoms with Gasteiger partial charge in [0.1, 0.15) is 13.8 Å². The minimum Gasteiger partial charge on any atom is -0.497 e. The third-order valence-corrected chi connectivity index (χ3v) is 12.9. The number of methoxy groups -OCH3 is 1. The van der Waals surface area contributed by atoms with Crippen LogP contribution in [0, 0.1) is 11.5 Å². The molecule has 1 N–H and O–H groups in total. The fourth-order valence-corrected chi connectivity index (χ4v) is 10.4. The molecule has 0 aliphatic carbocycles. The molecule has 0 spiro atoms. The number of nitrogens with zero attached hydrogens (tertiary/aromatic N) is 1. The molecule has 0 aromatic heterocycles. The summed E-state index contributed by atoms with van der Waals surface area (Å²) in [5.41, 5.74) is 5.97. The highest BCUT2D eigenvalue weighted by Crippen LogP contribution is 2.40. The lowest BCUT2D eigenvalue weighted by Crippen LogP contribution is -2.48. The van der Waals surface area contributed by atoms with E-state index in [-0.39, 0.29) is 12.6 Å². The van der Waals surface area contributed by atoms with Crippen LogP contribution in [0.25, 0.3) is 0 Å². The maximum absolute atomic E-state index is 13.7. The second kappa shape index (κ2) is 10.4. The van der Waals surface area contributed by atoms with E-state index in [9.17, 15) is 13.2 Å². The summed E-state index contributed by atoms with van der Waals surface area (Å²) < 4.78 is 46.2. The monoisotopic (exact) mass is 454 g/mol. The number of rotatable bonds is 7. The Morgan fingerprint density at radius 2 is 1.61 bits per heavy atom. The smallest absolute Gasteiger partial charge is 0.417 e. The number of hydrogen-bond acceptors (Lipinski definition) is 3. The standard InChI is InChI=1S/C24H37F3N2OSi/c1-17(2)31(18(3)4,19(5)6)14-8-9-21-16-29(23(28-21)24(25,26)27)15-20-10-12-22(30-7)13-11-20/h10-13,17-19,21,23,28H,9,15-16H2,1-7H3/t21-,23?/m0/s1. The normalized spacial score (nSPS) is 20.4. The highest BCUT2D eigenvalue weighted by molar-refractivity contribution is 6.90. The van der Waals surface area contributed by atoms with Crippen molar-refractivity contribution in [3.05, 3.63) is 29.8 Å². The lowest BCUT2D eigenvalue weighted by atomic mass is 10.2. The molecule has 0 saturated carbocycles. The maximum Gasteiger partial charge on any atom is 0.417 e. The Bertz CT molecular complexity index is 744. The fraction of sp³-hybridized carbons (Fsp3) is 0.667. The summed E-state index contributed by atoms with van der Waals surface area (Å²) >= 11 is 0. The second-order valence-corrected chi connectivity index (χ2v) is 15.1. The highest BCUT2D eigenvalue weighted by Gasteiger charge is 2.48. The first-order valence-electron chi connectivity index (χ1n) is 11.1. The summed E-state index contributed by atoms with van der Waals surface area (Å²) in [7, 11) is -0.307. The minimum atomic E-state index is -4.33. The van der Waals surface area contributed by atoms with Crippen molar-refractivity contribution in [3.63, 3.8) is 0 Å². The third kappa shape index (κ3) is 6.06. The first-order chi connectivity index (χ1) is 14.4. The first kappa shape index (κ1) is 25.8. The lowest BCUT2D eigenvalue weighted by molar-refractivity contribution is -0.183. The summed E-state index contributed by atoms with van der Waals surface area (Å²) in [6.07, 6.45) is -5.54. The summed E-state index contributed by atoms with van der Waals surface area (Å²) in [5, 5.41) is 2.79. The molecule has 7 heteroatoms. The van der Waals surface area contributed by atoms with Crippen LogP contribution in [0.1, 0.15) is 53.5 Å². The molecular formula is C24H37F3N2OSi.